The Labute approximate surface area is 506 Å². The molecule has 0 bridgehead atoms. The van der Waals surface area contributed by atoms with Crippen molar-refractivity contribution in [3.8, 4) is 0 Å². The third kappa shape index (κ3) is 68.6. The molecular weight excluding hydrogens is 997 g/mol. The highest BCUT2D eigenvalue weighted by molar-refractivity contribution is 5.71. The number of rotatable bonds is 69. The van der Waals surface area contributed by atoms with Crippen molar-refractivity contribution < 1.29 is 28.6 Å². The van der Waals surface area contributed by atoms with E-state index in [4.69, 9.17) is 14.2 Å². The number of carbonyl (C=O) groups excluding carboxylic acids is 3. The zero-order valence-electron chi connectivity index (χ0n) is 55.1. The Morgan fingerprint density at radius 3 is 0.704 bits per heavy atom. The molecule has 0 aromatic rings. The number of ether oxygens (including phenoxy) is 3. The highest BCUT2D eigenvalue weighted by Crippen LogP contribution is 2.19. The topological polar surface area (TPSA) is 78.9 Å². The molecule has 0 radical (unpaired) electrons. The maximum Gasteiger partial charge on any atom is 0.306 e. The van der Waals surface area contributed by atoms with Crippen LogP contribution in [0.4, 0.5) is 0 Å². The van der Waals surface area contributed by atoms with Crippen LogP contribution < -0.4 is 0 Å². The van der Waals surface area contributed by atoms with Crippen molar-refractivity contribution in [2.24, 2.45) is 0 Å². The molecule has 0 spiro atoms. The van der Waals surface area contributed by atoms with Crippen molar-refractivity contribution in [1.82, 2.24) is 0 Å². The van der Waals surface area contributed by atoms with E-state index in [0.717, 1.165) is 64.2 Å². The molecule has 0 aliphatic heterocycles. The summed E-state index contributed by atoms with van der Waals surface area (Å²) >= 11 is 0. The van der Waals surface area contributed by atoms with Gasteiger partial charge in [0.05, 0.1) is 0 Å². The van der Waals surface area contributed by atoms with Crippen molar-refractivity contribution in [3.05, 3.63) is 24.3 Å². The molecule has 0 rings (SSSR count). The minimum atomic E-state index is -0.770. The molecule has 1 unspecified atom stereocenters. The zero-order valence-corrected chi connectivity index (χ0v) is 55.1. The number of unbranched alkanes of at least 4 members (excludes halogenated alkanes) is 54. The van der Waals surface area contributed by atoms with Crippen LogP contribution in [0, 0.1) is 0 Å². The van der Waals surface area contributed by atoms with Gasteiger partial charge in [0.15, 0.2) is 6.10 Å². The fourth-order valence-corrected chi connectivity index (χ4v) is 11.4. The molecule has 6 nitrogen and oxygen atoms in total. The fourth-order valence-electron chi connectivity index (χ4n) is 11.4. The van der Waals surface area contributed by atoms with Crippen LogP contribution in [0.3, 0.4) is 0 Å². The molecule has 0 saturated carbocycles. The summed E-state index contributed by atoms with van der Waals surface area (Å²) in [7, 11) is 0. The maximum atomic E-state index is 13.0. The van der Waals surface area contributed by atoms with Gasteiger partial charge in [-0.1, -0.05) is 373 Å². The second-order valence-corrected chi connectivity index (χ2v) is 25.2. The number of allylic oxidation sites excluding steroid dienone is 4. The number of hydrogen-bond donors (Lipinski definition) is 0. The molecule has 0 fully saturated rings. The molecule has 0 N–H and O–H groups in total. The molecule has 0 aliphatic rings. The number of hydrogen-bond acceptors (Lipinski definition) is 6. The summed E-state index contributed by atoms with van der Waals surface area (Å²) in [6.45, 7) is 6.71. The van der Waals surface area contributed by atoms with Gasteiger partial charge in [-0.15, -0.1) is 0 Å². The molecule has 6 heteroatoms. The lowest BCUT2D eigenvalue weighted by Crippen LogP contribution is -2.30. The quantitative estimate of drug-likeness (QED) is 0.0261. The predicted molar refractivity (Wildman–Crippen MR) is 353 cm³/mol. The van der Waals surface area contributed by atoms with Gasteiger partial charge < -0.3 is 14.2 Å². The summed E-state index contributed by atoms with van der Waals surface area (Å²) < 4.78 is 17.0. The van der Waals surface area contributed by atoms with Gasteiger partial charge in [-0.05, 0) is 51.4 Å². The van der Waals surface area contributed by atoms with Gasteiger partial charge in [-0.3, -0.25) is 14.4 Å². The Hall–Kier alpha value is -2.11. The van der Waals surface area contributed by atoms with Crippen molar-refractivity contribution in [2.75, 3.05) is 13.2 Å². The van der Waals surface area contributed by atoms with Gasteiger partial charge in [0.25, 0.3) is 0 Å². The zero-order chi connectivity index (χ0) is 58.5. The van der Waals surface area contributed by atoms with E-state index in [1.165, 1.54) is 315 Å². The highest BCUT2D eigenvalue weighted by Gasteiger charge is 2.20. The van der Waals surface area contributed by atoms with Crippen molar-refractivity contribution in [3.63, 3.8) is 0 Å². The average Bonchev–Trinajstić information content (AvgIpc) is 3.47. The van der Waals surface area contributed by atoms with E-state index in [2.05, 4.69) is 45.1 Å². The number of carbonyl (C=O) groups is 3. The van der Waals surface area contributed by atoms with Crippen LogP contribution in [0.1, 0.15) is 419 Å². The molecule has 0 saturated heterocycles. The predicted octanol–water partition coefficient (Wildman–Crippen LogP) is 25.3. The Kier molecular flexibility index (Phi) is 68.5. The molecule has 478 valence electrons. The highest BCUT2D eigenvalue weighted by atomic mass is 16.6. The van der Waals surface area contributed by atoms with E-state index >= 15 is 0 Å². The van der Waals surface area contributed by atoms with E-state index in [9.17, 15) is 14.4 Å². The van der Waals surface area contributed by atoms with Crippen molar-refractivity contribution >= 4 is 17.9 Å². The third-order valence-electron chi connectivity index (χ3n) is 17.0. The van der Waals surface area contributed by atoms with Gasteiger partial charge in [0, 0.05) is 19.3 Å². The van der Waals surface area contributed by atoms with E-state index in [1.54, 1.807) is 0 Å². The molecule has 0 aromatic heterocycles. The largest absolute Gasteiger partial charge is 0.462 e. The molecule has 0 amide bonds. The summed E-state index contributed by atoms with van der Waals surface area (Å²) in [5.41, 5.74) is 0. The van der Waals surface area contributed by atoms with E-state index in [0.29, 0.717) is 19.3 Å². The summed E-state index contributed by atoms with van der Waals surface area (Å²) in [6.07, 6.45) is 86.4. The Morgan fingerprint density at radius 1 is 0.247 bits per heavy atom. The third-order valence-corrected chi connectivity index (χ3v) is 17.0. The molecule has 81 heavy (non-hydrogen) atoms. The lowest BCUT2D eigenvalue weighted by molar-refractivity contribution is -0.167. The van der Waals surface area contributed by atoms with Gasteiger partial charge in [0.1, 0.15) is 13.2 Å². The summed E-state index contributed by atoms with van der Waals surface area (Å²) in [6, 6.07) is 0. The van der Waals surface area contributed by atoms with Crippen LogP contribution in [0.2, 0.25) is 0 Å². The van der Waals surface area contributed by atoms with Crippen LogP contribution in [0.25, 0.3) is 0 Å². The Bertz CT molecular complexity index is 1310. The van der Waals surface area contributed by atoms with E-state index in [-0.39, 0.29) is 31.1 Å². The van der Waals surface area contributed by atoms with E-state index < -0.39 is 6.10 Å². The minimum absolute atomic E-state index is 0.0654. The molecule has 1 atom stereocenters. The lowest BCUT2D eigenvalue weighted by Gasteiger charge is -2.18. The van der Waals surface area contributed by atoms with Crippen LogP contribution in [0.5, 0.6) is 0 Å². The molecule has 0 aliphatic carbocycles. The summed E-state index contributed by atoms with van der Waals surface area (Å²) in [4.78, 5) is 38.5. The lowest BCUT2D eigenvalue weighted by atomic mass is 10.0. The average molecular weight is 1140 g/mol. The Morgan fingerprint density at radius 2 is 0.444 bits per heavy atom. The maximum absolute atomic E-state index is 13.0. The molecular formula is C75H142O6. The Balaban J connectivity index is 4.29. The second-order valence-electron chi connectivity index (χ2n) is 25.2. The van der Waals surface area contributed by atoms with Crippen molar-refractivity contribution in [2.45, 2.75) is 425 Å². The first-order chi connectivity index (χ1) is 40.0. The normalized spacial score (nSPS) is 12.1. The van der Waals surface area contributed by atoms with Crippen LogP contribution in [-0.2, 0) is 28.6 Å². The summed E-state index contributed by atoms with van der Waals surface area (Å²) in [5, 5.41) is 0. The van der Waals surface area contributed by atoms with Crippen LogP contribution in [0.15, 0.2) is 24.3 Å². The van der Waals surface area contributed by atoms with Gasteiger partial charge in [-0.2, -0.15) is 0 Å². The van der Waals surface area contributed by atoms with Crippen LogP contribution >= 0.6 is 0 Å². The fraction of sp³-hybridized carbons (Fsp3) is 0.907. The van der Waals surface area contributed by atoms with Crippen LogP contribution in [-0.4, -0.2) is 37.2 Å². The van der Waals surface area contributed by atoms with Gasteiger partial charge in [-0.25, -0.2) is 0 Å². The second kappa shape index (κ2) is 70.4. The molecule has 0 heterocycles. The first-order valence-corrected chi connectivity index (χ1v) is 36.8. The first-order valence-electron chi connectivity index (χ1n) is 36.8. The number of esters is 3. The minimum Gasteiger partial charge on any atom is -0.462 e. The van der Waals surface area contributed by atoms with E-state index in [1.807, 2.05) is 0 Å². The SMILES string of the molecule is CCCCC/C=C\C/C=C\CCCCCCCCCCCC(=O)OCC(COC(=O)CCCCCCCCCCCCCCCCCCCCCCCCC)OC(=O)CCCCCCCCCCCCCCCCCCCCCCC. The van der Waals surface area contributed by atoms with Gasteiger partial charge >= 0.3 is 17.9 Å². The first kappa shape index (κ1) is 78.9. The standard InChI is InChI=1S/C75H142O6/c1-4-7-10-13-16-19-22-25-28-31-34-36-37-39-41-44-47-50-53-56-59-62-65-68-74(77)80-71-72(70-79-73(76)67-64-61-58-55-52-49-46-43-40-33-30-27-24-21-18-15-12-9-6-3)81-75(78)69-66-63-60-57-54-51-48-45-42-38-35-32-29-26-23-20-17-14-11-8-5-2/h18,21,27,30,72H,4-17,19-20,22-26,28-29,31-71H2,1-3H3/b21-18-,30-27-. The summed E-state index contributed by atoms with van der Waals surface area (Å²) in [5.74, 6) is -0.832. The van der Waals surface area contributed by atoms with Gasteiger partial charge in [0.2, 0.25) is 0 Å². The smallest absolute Gasteiger partial charge is 0.306 e. The molecule has 0 aromatic carbocycles. The monoisotopic (exact) mass is 1140 g/mol. The van der Waals surface area contributed by atoms with Crippen molar-refractivity contribution in [1.29, 1.82) is 0 Å².